The first kappa shape index (κ1) is 12.3. The van der Waals surface area contributed by atoms with Crippen LogP contribution in [0.5, 0.6) is 0 Å². The molecule has 17 heavy (non-hydrogen) atoms. The quantitative estimate of drug-likeness (QED) is 0.841. The maximum Gasteiger partial charge on any atom is 0.326 e. The lowest BCUT2D eigenvalue weighted by Crippen LogP contribution is -2.31. The number of hydrogen-bond acceptors (Lipinski definition) is 2. The van der Waals surface area contributed by atoms with Crippen LogP contribution in [0.4, 0.5) is 14.5 Å². The monoisotopic (exact) mass is 305 g/mol. The molecule has 1 unspecified atom stereocenters. The third-order valence-corrected chi connectivity index (χ3v) is 3.29. The summed E-state index contributed by atoms with van der Waals surface area (Å²) < 4.78 is 26.5. The van der Waals surface area contributed by atoms with Crippen LogP contribution in [-0.2, 0) is 4.79 Å². The zero-order valence-electron chi connectivity index (χ0n) is 8.71. The van der Waals surface area contributed by atoms with Gasteiger partial charge >= 0.3 is 5.97 Å². The standard InChI is InChI=1S/C11H10BrF2NO2/c12-6-3-9(8(14)4-7(6)13)15-10(11(16)17)5-1-2-5/h3-5,10,15H,1-2H2,(H,16,17). The molecule has 2 rings (SSSR count). The molecule has 0 radical (unpaired) electrons. The van der Waals surface area contributed by atoms with E-state index in [9.17, 15) is 13.6 Å². The van der Waals surface area contributed by atoms with E-state index in [0.717, 1.165) is 18.9 Å². The van der Waals surface area contributed by atoms with Gasteiger partial charge in [0, 0.05) is 6.07 Å². The van der Waals surface area contributed by atoms with Crippen LogP contribution in [0, 0.1) is 17.6 Å². The van der Waals surface area contributed by atoms with Crippen LogP contribution in [0.15, 0.2) is 16.6 Å². The molecule has 3 nitrogen and oxygen atoms in total. The average Bonchev–Trinajstić information content (AvgIpc) is 3.04. The zero-order valence-corrected chi connectivity index (χ0v) is 10.3. The Balaban J connectivity index is 2.22. The predicted octanol–water partition coefficient (Wildman–Crippen LogP) is 3.00. The van der Waals surface area contributed by atoms with Crippen molar-refractivity contribution in [3.05, 3.63) is 28.2 Å². The van der Waals surface area contributed by atoms with Gasteiger partial charge in [-0.05, 0) is 40.8 Å². The van der Waals surface area contributed by atoms with E-state index < -0.39 is 23.6 Å². The molecule has 1 atom stereocenters. The first-order valence-electron chi connectivity index (χ1n) is 5.13. The molecule has 92 valence electrons. The van der Waals surface area contributed by atoms with Gasteiger partial charge in [0.15, 0.2) is 0 Å². The van der Waals surface area contributed by atoms with E-state index in [2.05, 4.69) is 21.2 Å². The van der Waals surface area contributed by atoms with Crippen molar-refractivity contribution in [1.29, 1.82) is 0 Å². The van der Waals surface area contributed by atoms with Gasteiger partial charge in [0.05, 0.1) is 10.2 Å². The molecule has 1 aliphatic rings. The van der Waals surface area contributed by atoms with E-state index in [1.165, 1.54) is 6.07 Å². The average molecular weight is 306 g/mol. The Kier molecular flexibility index (Phi) is 3.33. The Morgan fingerprint density at radius 3 is 2.59 bits per heavy atom. The van der Waals surface area contributed by atoms with Gasteiger partial charge in [-0.2, -0.15) is 0 Å². The maximum absolute atomic E-state index is 13.4. The molecule has 0 bridgehead atoms. The lowest BCUT2D eigenvalue weighted by atomic mass is 10.1. The Labute approximate surface area is 105 Å². The Hall–Kier alpha value is -1.17. The summed E-state index contributed by atoms with van der Waals surface area (Å²) in [6.07, 6.45) is 1.63. The van der Waals surface area contributed by atoms with Crippen molar-refractivity contribution >= 4 is 27.6 Å². The van der Waals surface area contributed by atoms with Crippen molar-refractivity contribution in [3.63, 3.8) is 0 Å². The Morgan fingerprint density at radius 1 is 1.41 bits per heavy atom. The number of carbonyl (C=O) groups is 1. The number of anilines is 1. The van der Waals surface area contributed by atoms with Gasteiger partial charge in [0.1, 0.15) is 17.7 Å². The second-order valence-electron chi connectivity index (χ2n) is 4.04. The summed E-state index contributed by atoms with van der Waals surface area (Å²) in [5.41, 5.74) is -0.00225. The van der Waals surface area contributed by atoms with Crippen LogP contribution < -0.4 is 5.32 Å². The normalized spacial score (nSPS) is 16.6. The highest BCUT2D eigenvalue weighted by Crippen LogP contribution is 2.35. The summed E-state index contributed by atoms with van der Waals surface area (Å²) in [7, 11) is 0. The third-order valence-electron chi connectivity index (χ3n) is 2.68. The molecule has 0 saturated heterocycles. The van der Waals surface area contributed by atoms with Crippen LogP contribution in [0.25, 0.3) is 0 Å². The lowest BCUT2D eigenvalue weighted by molar-refractivity contribution is -0.138. The molecule has 1 fully saturated rings. The predicted molar refractivity (Wildman–Crippen MR) is 61.8 cm³/mol. The maximum atomic E-state index is 13.4. The fraction of sp³-hybridized carbons (Fsp3) is 0.364. The van der Waals surface area contributed by atoms with Gasteiger partial charge < -0.3 is 10.4 Å². The smallest absolute Gasteiger partial charge is 0.326 e. The molecule has 0 spiro atoms. The summed E-state index contributed by atoms with van der Waals surface area (Å²) in [6, 6.07) is 1.11. The second kappa shape index (κ2) is 4.60. The molecule has 1 aromatic carbocycles. The highest BCUT2D eigenvalue weighted by molar-refractivity contribution is 9.10. The number of nitrogens with one attached hydrogen (secondary N) is 1. The third kappa shape index (κ3) is 2.74. The molecule has 1 aromatic rings. The molecule has 1 saturated carbocycles. The fourth-order valence-electron chi connectivity index (χ4n) is 1.61. The molecule has 0 aromatic heterocycles. The van der Waals surface area contributed by atoms with Gasteiger partial charge in [-0.1, -0.05) is 0 Å². The number of benzene rings is 1. The molecule has 0 amide bonds. The minimum atomic E-state index is -1.02. The molecular weight excluding hydrogens is 296 g/mol. The van der Waals surface area contributed by atoms with Crippen molar-refractivity contribution in [3.8, 4) is 0 Å². The number of halogens is 3. The molecule has 1 aliphatic carbocycles. The largest absolute Gasteiger partial charge is 0.480 e. The lowest BCUT2D eigenvalue weighted by Gasteiger charge is -2.15. The van der Waals surface area contributed by atoms with Gasteiger partial charge in [0.2, 0.25) is 0 Å². The number of rotatable bonds is 4. The van der Waals surface area contributed by atoms with Crippen LogP contribution in [0.2, 0.25) is 0 Å². The molecule has 0 aliphatic heterocycles. The van der Waals surface area contributed by atoms with Gasteiger partial charge in [-0.25, -0.2) is 13.6 Å². The summed E-state index contributed by atoms with van der Waals surface area (Å²) in [5, 5.41) is 11.6. The van der Waals surface area contributed by atoms with E-state index in [4.69, 9.17) is 5.11 Å². The molecule has 0 heterocycles. The van der Waals surface area contributed by atoms with Crippen molar-refractivity contribution < 1.29 is 18.7 Å². The fourth-order valence-corrected chi connectivity index (χ4v) is 1.95. The van der Waals surface area contributed by atoms with Crippen molar-refractivity contribution in [2.75, 3.05) is 5.32 Å². The summed E-state index contributed by atoms with van der Waals surface area (Å²) in [4.78, 5) is 11.0. The zero-order chi connectivity index (χ0) is 12.6. The Bertz CT molecular complexity index is 463. The molecule has 6 heteroatoms. The van der Waals surface area contributed by atoms with Crippen LogP contribution >= 0.6 is 15.9 Å². The highest BCUT2D eigenvalue weighted by atomic mass is 79.9. The summed E-state index contributed by atoms with van der Waals surface area (Å²) >= 11 is 2.93. The van der Waals surface area contributed by atoms with Gasteiger partial charge in [-0.3, -0.25) is 0 Å². The van der Waals surface area contributed by atoms with Crippen molar-refractivity contribution in [2.45, 2.75) is 18.9 Å². The van der Waals surface area contributed by atoms with Crippen LogP contribution in [0.3, 0.4) is 0 Å². The topological polar surface area (TPSA) is 49.3 Å². The molecule has 2 N–H and O–H groups in total. The first-order chi connectivity index (χ1) is 7.99. The molecular formula is C11H10BrF2NO2. The number of carboxylic acid groups (broad SMARTS) is 1. The van der Waals surface area contributed by atoms with Crippen molar-refractivity contribution in [2.24, 2.45) is 5.92 Å². The van der Waals surface area contributed by atoms with E-state index in [-0.39, 0.29) is 16.1 Å². The number of carboxylic acids is 1. The van der Waals surface area contributed by atoms with Crippen LogP contribution in [0.1, 0.15) is 12.8 Å². The Morgan fingerprint density at radius 2 is 2.06 bits per heavy atom. The number of hydrogen-bond donors (Lipinski definition) is 2. The van der Waals surface area contributed by atoms with E-state index >= 15 is 0 Å². The summed E-state index contributed by atoms with van der Waals surface area (Å²) in [6.45, 7) is 0. The van der Waals surface area contributed by atoms with Gasteiger partial charge in [-0.15, -0.1) is 0 Å². The second-order valence-corrected chi connectivity index (χ2v) is 4.90. The van der Waals surface area contributed by atoms with E-state index in [0.29, 0.717) is 0 Å². The SMILES string of the molecule is O=C(O)C(Nc1cc(Br)c(F)cc1F)C1CC1. The number of aliphatic carboxylic acids is 1. The minimum Gasteiger partial charge on any atom is -0.480 e. The minimum absolute atomic E-state index is 0.00225. The van der Waals surface area contributed by atoms with Gasteiger partial charge in [0.25, 0.3) is 0 Å². The highest BCUT2D eigenvalue weighted by Gasteiger charge is 2.36. The van der Waals surface area contributed by atoms with E-state index in [1.54, 1.807) is 0 Å². The summed E-state index contributed by atoms with van der Waals surface area (Å²) in [5.74, 6) is -2.51. The van der Waals surface area contributed by atoms with Crippen LogP contribution in [-0.4, -0.2) is 17.1 Å². The first-order valence-corrected chi connectivity index (χ1v) is 5.92. The van der Waals surface area contributed by atoms with Crippen molar-refractivity contribution in [1.82, 2.24) is 0 Å². The van der Waals surface area contributed by atoms with E-state index in [1.807, 2.05) is 0 Å².